The third-order valence-corrected chi connectivity index (χ3v) is 22.4. The molecule has 0 aliphatic carbocycles. The van der Waals surface area contributed by atoms with Crippen LogP contribution >= 0.6 is 15.9 Å². The van der Waals surface area contributed by atoms with Crippen LogP contribution in [0.15, 0.2) is 194 Å². The summed E-state index contributed by atoms with van der Waals surface area (Å²) in [4.78, 5) is 17.8. The summed E-state index contributed by atoms with van der Waals surface area (Å²) < 4.78 is 46.7. The molecule has 2 aliphatic rings. The predicted molar refractivity (Wildman–Crippen MR) is 445 cm³/mol. The van der Waals surface area contributed by atoms with E-state index in [0.29, 0.717) is 65.0 Å². The van der Waals surface area contributed by atoms with E-state index < -0.39 is 0 Å². The van der Waals surface area contributed by atoms with Crippen molar-refractivity contribution in [3.63, 3.8) is 0 Å². The van der Waals surface area contributed by atoms with Crippen LogP contribution < -0.4 is 28.4 Å². The van der Waals surface area contributed by atoms with Gasteiger partial charge in [0.1, 0.15) is 74.1 Å². The van der Waals surface area contributed by atoms with Crippen molar-refractivity contribution >= 4 is 15.9 Å². The molecule has 0 unspecified atom stereocenters. The third kappa shape index (κ3) is 18.5. The van der Waals surface area contributed by atoms with Gasteiger partial charge in [0.25, 0.3) is 0 Å². The molecule has 0 atom stereocenters. The van der Waals surface area contributed by atoms with Crippen LogP contribution in [0.1, 0.15) is 258 Å². The fraction of sp³-hybridized carbons (Fsp3) is 0.367. The zero-order chi connectivity index (χ0) is 77.4. The van der Waals surface area contributed by atoms with Crippen molar-refractivity contribution in [3.8, 4) is 34.5 Å². The summed E-state index contributed by atoms with van der Waals surface area (Å²) in [6.45, 7) is 43.6. The Morgan fingerprint density at radius 3 is 0.642 bits per heavy atom. The number of nitrogens with zero attached hydrogens (tertiary/aromatic N) is 4. The number of aromatic nitrogens is 4. The number of fused-ring (bicyclic) bond motifs is 10. The number of pyridine rings is 4. The third-order valence-electron chi connectivity index (χ3n) is 21.4. The van der Waals surface area contributed by atoms with Crippen LogP contribution in [-0.4, -0.2) is 19.9 Å². The summed E-state index contributed by atoms with van der Waals surface area (Å²) in [7, 11) is 0. The maximum Gasteiger partial charge on any atom is 0.126 e. The van der Waals surface area contributed by atoms with Gasteiger partial charge in [-0.3, -0.25) is 19.9 Å². The molecule has 13 rings (SSSR count). The van der Waals surface area contributed by atoms with Crippen LogP contribution in [-0.2, 0) is 111 Å². The molecule has 7 aromatic carbocycles. The molecule has 2 aliphatic heterocycles. The highest BCUT2D eigenvalue weighted by molar-refractivity contribution is 9.10. The van der Waals surface area contributed by atoms with Gasteiger partial charge in [0.2, 0.25) is 0 Å². The van der Waals surface area contributed by atoms with Gasteiger partial charge in [-0.15, -0.1) is 0 Å². The van der Waals surface area contributed by atoms with E-state index in [0.717, 1.165) is 139 Å². The normalized spacial score (nSPS) is 13.6. The summed E-state index contributed by atoms with van der Waals surface area (Å²) in [5.41, 5.74) is 24.1. The Hall–Kier alpha value is -9.58. The fourth-order valence-corrected chi connectivity index (χ4v) is 15.2. The fourth-order valence-electron chi connectivity index (χ4n) is 14.7. The van der Waals surface area contributed by atoms with Crippen LogP contribution in [0.25, 0.3) is 0 Å². The predicted octanol–water partition coefficient (Wildman–Crippen LogP) is 23.5. The first-order valence-corrected chi connectivity index (χ1v) is 39.5. The molecule has 564 valence electrons. The Morgan fingerprint density at radius 1 is 0.266 bits per heavy atom. The largest absolute Gasteiger partial charge is 0.488 e. The lowest BCUT2D eigenvalue weighted by Crippen LogP contribution is -2.18. The Balaban J connectivity index is 1.20. The molecule has 0 spiro atoms. The number of ether oxygens (including phenoxy) is 6. The van der Waals surface area contributed by atoms with E-state index >= 15 is 0 Å². The first-order chi connectivity index (χ1) is 51.7. The Kier molecular flexibility index (Phi) is 22.4. The van der Waals surface area contributed by atoms with Gasteiger partial charge in [-0.25, -0.2) is 0 Å². The van der Waals surface area contributed by atoms with Crippen LogP contribution in [0.3, 0.4) is 0 Å². The summed E-state index contributed by atoms with van der Waals surface area (Å²) in [6.07, 6.45) is 17.7. The summed E-state index contributed by atoms with van der Waals surface area (Å²) in [5, 5.41) is 0. The number of hydrogen-bond donors (Lipinski definition) is 0. The molecule has 0 amide bonds. The molecule has 0 N–H and O–H groups in total. The lowest BCUT2D eigenvalue weighted by Gasteiger charge is -2.29. The smallest absolute Gasteiger partial charge is 0.126 e. The molecule has 12 bridgehead atoms. The van der Waals surface area contributed by atoms with Crippen LogP contribution in [0.5, 0.6) is 34.5 Å². The number of halogens is 1. The van der Waals surface area contributed by atoms with E-state index in [9.17, 15) is 0 Å². The average molecular weight is 1520 g/mol. The van der Waals surface area contributed by atoms with Gasteiger partial charge in [-0.05, 0) is 219 Å². The SMILES string of the molecule is CC(C)(C)c1cc2c(OCc3ccncc3)c(c1)Cc1cc(C(C)(C)C)cc3c1OCc1cccc(c1Br)COc1c(cc(C(C)(C)C)cc1Cc1cc(C(C)(C)C)cc(c1OCc1ccncc1)Cc1cc(C(C)(C)C)cc(c1OCc1ccncc1)C3)Cc1cc(C(C)(C)C)cc(c1OCc1ccncc1)C2. The molecule has 0 radical (unpaired) electrons. The summed E-state index contributed by atoms with van der Waals surface area (Å²) in [6, 6.07) is 51.8. The van der Waals surface area contributed by atoms with Crippen molar-refractivity contribution in [2.24, 2.45) is 0 Å². The molecule has 109 heavy (non-hydrogen) atoms. The van der Waals surface area contributed by atoms with Crippen molar-refractivity contribution in [3.05, 3.63) is 327 Å². The van der Waals surface area contributed by atoms with Gasteiger partial charge in [-0.2, -0.15) is 0 Å². The van der Waals surface area contributed by atoms with Gasteiger partial charge >= 0.3 is 0 Å². The average Bonchev–Trinajstić information content (AvgIpc) is 0.764. The molecule has 0 fully saturated rings. The second-order valence-electron chi connectivity index (χ2n) is 36.3. The Labute approximate surface area is 657 Å². The topological polar surface area (TPSA) is 107 Å². The van der Waals surface area contributed by atoms with Gasteiger partial charge in [0, 0.05) is 104 Å². The molecule has 0 saturated carbocycles. The van der Waals surface area contributed by atoms with E-state index in [1.54, 1.807) is 0 Å². The molecular formula is C98H109BrN4O6. The lowest BCUT2D eigenvalue weighted by molar-refractivity contribution is 0.289. The Morgan fingerprint density at radius 2 is 0.450 bits per heavy atom. The van der Waals surface area contributed by atoms with E-state index in [1.165, 1.54) is 33.4 Å². The van der Waals surface area contributed by atoms with Crippen molar-refractivity contribution in [1.82, 2.24) is 19.9 Å². The van der Waals surface area contributed by atoms with E-state index in [4.69, 9.17) is 28.4 Å². The van der Waals surface area contributed by atoms with E-state index in [2.05, 4.69) is 251 Å². The zero-order valence-electron chi connectivity index (χ0n) is 67.5. The molecule has 11 heteroatoms. The van der Waals surface area contributed by atoms with Crippen molar-refractivity contribution in [2.75, 3.05) is 0 Å². The van der Waals surface area contributed by atoms with Crippen molar-refractivity contribution in [2.45, 2.75) is 235 Å². The minimum absolute atomic E-state index is 0.261. The second kappa shape index (κ2) is 31.4. The van der Waals surface area contributed by atoms with Crippen LogP contribution in [0.4, 0.5) is 0 Å². The first-order valence-electron chi connectivity index (χ1n) is 38.7. The number of hydrogen-bond acceptors (Lipinski definition) is 10. The van der Waals surface area contributed by atoms with Crippen molar-refractivity contribution in [1.29, 1.82) is 0 Å². The highest BCUT2D eigenvalue weighted by Crippen LogP contribution is 2.48. The monoisotopic (exact) mass is 1520 g/mol. The van der Waals surface area contributed by atoms with Crippen LogP contribution in [0.2, 0.25) is 0 Å². The highest BCUT2D eigenvalue weighted by atomic mass is 79.9. The highest BCUT2D eigenvalue weighted by Gasteiger charge is 2.33. The molecule has 4 aromatic heterocycles. The van der Waals surface area contributed by atoms with E-state index in [1.807, 2.05) is 98.1 Å². The van der Waals surface area contributed by atoms with Gasteiger partial charge in [-0.1, -0.05) is 216 Å². The molecule has 6 heterocycles. The Bertz CT molecular complexity index is 4510. The molecular weight excluding hydrogens is 1410 g/mol. The van der Waals surface area contributed by atoms with Crippen molar-refractivity contribution < 1.29 is 28.4 Å². The summed E-state index contributed by atoms with van der Waals surface area (Å²) in [5.74, 6) is 4.94. The molecule has 0 saturated heterocycles. The van der Waals surface area contributed by atoms with Gasteiger partial charge in [0.05, 0.1) is 0 Å². The molecule has 11 aromatic rings. The quantitative estimate of drug-likeness (QED) is 0.117. The maximum atomic E-state index is 7.79. The zero-order valence-corrected chi connectivity index (χ0v) is 69.1. The van der Waals surface area contributed by atoms with Gasteiger partial charge < -0.3 is 28.4 Å². The standard InChI is InChI=1S/C98H109BrN4O6/c1-93(2,3)80-44-68-38-69-45-81(94(4,5)6)49-73(88(69)105-57-63-24-32-101-33-25-63)41-78-54-85(98(16,17)18)55-79-43-75-51-83(96(10,11)12)47-71(90(75)107-59-65-28-36-103-37-29-65)39-70-46-82(95(7,8)9)50-74(89(70)106-58-64-26-34-102-35-27-64)42-77-53-84(97(13,14)15)52-76(40-72(48-80)87(68)104-56-62-22-30-100-31-23-62)91(77)108-60-66-20-19-21-67(86(66)99)61-109-92(78)79/h19-37,44-55H,38-43,56-61H2,1-18H3. The minimum atomic E-state index is -0.300. The molecule has 10 nitrogen and oxygen atoms in total. The van der Waals surface area contributed by atoms with E-state index in [-0.39, 0.29) is 45.7 Å². The maximum absolute atomic E-state index is 7.79. The minimum Gasteiger partial charge on any atom is -0.488 e. The number of rotatable bonds is 12. The lowest BCUT2D eigenvalue weighted by atomic mass is 9.79. The second-order valence-corrected chi connectivity index (χ2v) is 37.1. The van der Waals surface area contributed by atoms with Gasteiger partial charge in [0.15, 0.2) is 0 Å². The van der Waals surface area contributed by atoms with Crippen LogP contribution in [0, 0.1) is 0 Å². The first kappa shape index (κ1) is 77.6. The number of benzene rings is 7. The summed E-state index contributed by atoms with van der Waals surface area (Å²) >= 11 is 4.27.